The number of hydrogen-bond acceptors (Lipinski definition) is 6. The van der Waals surface area contributed by atoms with Crippen LogP contribution in [0.1, 0.15) is 5.69 Å². The summed E-state index contributed by atoms with van der Waals surface area (Å²) in [7, 11) is 0. The summed E-state index contributed by atoms with van der Waals surface area (Å²) in [6.45, 7) is -0.341. The first kappa shape index (κ1) is 21.0. The lowest BCUT2D eigenvalue weighted by Crippen LogP contribution is -2.23. The van der Waals surface area contributed by atoms with Gasteiger partial charge < -0.3 is 15.8 Å². The number of carbonyl (C=O) groups is 1. The fourth-order valence-corrected chi connectivity index (χ4v) is 2.72. The van der Waals surface area contributed by atoms with E-state index in [2.05, 4.69) is 41.2 Å². The first-order valence-corrected chi connectivity index (χ1v) is 9.38. The van der Waals surface area contributed by atoms with Gasteiger partial charge >= 0.3 is 0 Å². The van der Waals surface area contributed by atoms with Gasteiger partial charge in [0.25, 0.3) is 5.91 Å². The van der Waals surface area contributed by atoms with Crippen LogP contribution in [0.25, 0.3) is 0 Å². The van der Waals surface area contributed by atoms with E-state index < -0.39 is 11.7 Å². The van der Waals surface area contributed by atoms with E-state index in [9.17, 15) is 9.18 Å². The number of hydrogen-bond donors (Lipinski definition) is 2. The molecule has 3 aromatic rings. The van der Waals surface area contributed by atoms with E-state index in [1.165, 1.54) is 24.3 Å². The number of aliphatic imine (C=N–C) groups is 1. The fraction of sp³-hybridized carbons (Fsp3) is 0.0588. The molecule has 0 bridgehead atoms. The van der Waals surface area contributed by atoms with Crippen molar-refractivity contribution in [2.45, 2.75) is 0 Å². The van der Waals surface area contributed by atoms with E-state index in [-0.39, 0.29) is 28.4 Å². The second-order valence-electron chi connectivity index (χ2n) is 5.47. The summed E-state index contributed by atoms with van der Waals surface area (Å²) in [4.78, 5) is 16.2. The van der Waals surface area contributed by atoms with Crippen molar-refractivity contribution >= 4 is 62.4 Å². The van der Waals surface area contributed by atoms with E-state index in [1.54, 1.807) is 12.1 Å². The van der Waals surface area contributed by atoms with Crippen molar-refractivity contribution in [3.63, 3.8) is 0 Å². The van der Waals surface area contributed by atoms with Crippen LogP contribution >= 0.6 is 39.1 Å². The first-order valence-electron chi connectivity index (χ1n) is 7.83. The lowest BCUT2D eigenvalue weighted by molar-refractivity contribution is -0.118. The molecule has 0 atom stereocenters. The summed E-state index contributed by atoms with van der Waals surface area (Å²) in [5.41, 5.74) is 6.27. The van der Waals surface area contributed by atoms with Crippen LogP contribution in [0.5, 0.6) is 5.75 Å². The molecule has 1 aromatic heterocycles. The average Bonchev–Trinajstić information content (AvgIpc) is 3.14. The monoisotopic (exact) mass is 501 g/mol. The number of amidine groups is 1. The molecule has 3 rings (SSSR count). The van der Waals surface area contributed by atoms with Crippen LogP contribution in [0, 0.1) is 5.82 Å². The summed E-state index contributed by atoms with van der Waals surface area (Å²) in [6, 6.07) is 8.66. The molecule has 12 heteroatoms. The molecule has 0 aliphatic rings. The number of nitrogens with zero attached hydrogens (tertiary/aromatic N) is 3. The Labute approximate surface area is 181 Å². The third-order valence-electron chi connectivity index (χ3n) is 3.40. The molecule has 1 amide bonds. The van der Waals surface area contributed by atoms with Gasteiger partial charge in [-0.15, -0.1) is 0 Å². The highest BCUT2D eigenvalue weighted by atomic mass is 79.9. The Morgan fingerprint density at radius 3 is 2.76 bits per heavy atom. The highest BCUT2D eigenvalue weighted by Gasteiger charge is 2.17. The molecule has 0 saturated carbocycles. The molecule has 0 fully saturated rings. The molecule has 1 heterocycles. The standard InChI is InChI=1S/C17H11BrCl2FN5O3/c18-10-5-8(1-4-13(10)21)23-16(22)15-17(26-29-25-15)24-14(27)7-28-9-2-3-11(19)12(20)6-9/h1-6H,7H2,(H2,22,23)(H,24,26,27). The summed E-state index contributed by atoms with van der Waals surface area (Å²) >= 11 is 14.8. The van der Waals surface area contributed by atoms with E-state index in [1.807, 2.05) is 0 Å². The Morgan fingerprint density at radius 2 is 2.03 bits per heavy atom. The van der Waals surface area contributed by atoms with Gasteiger partial charge in [-0.25, -0.2) is 14.0 Å². The minimum Gasteiger partial charge on any atom is -0.484 e. The molecule has 0 unspecified atom stereocenters. The van der Waals surface area contributed by atoms with E-state index in [0.29, 0.717) is 21.5 Å². The van der Waals surface area contributed by atoms with Crippen molar-refractivity contribution < 1.29 is 18.6 Å². The Balaban J connectivity index is 1.67. The molecule has 0 spiro atoms. The number of anilines is 1. The number of rotatable bonds is 6. The topological polar surface area (TPSA) is 116 Å². The number of nitrogens with one attached hydrogen (secondary N) is 1. The maximum absolute atomic E-state index is 13.3. The van der Waals surface area contributed by atoms with Gasteiger partial charge in [0.1, 0.15) is 11.6 Å². The number of benzene rings is 2. The number of aromatic nitrogens is 2. The number of amides is 1. The van der Waals surface area contributed by atoms with Gasteiger partial charge in [-0.05, 0) is 56.6 Å². The number of nitrogens with two attached hydrogens (primary N) is 1. The zero-order valence-electron chi connectivity index (χ0n) is 14.3. The largest absolute Gasteiger partial charge is 0.484 e. The SMILES string of the molecule is NC(=Nc1ccc(F)c(Br)c1)c1nonc1NC(=O)COc1ccc(Cl)c(Cl)c1. The van der Waals surface area contributed by atoms with Crippen molar-refractivity contribution in [1.82, 2.24) is 10.3 Å². The zero-order valence-corrected chi connectivity index (χ0v) is 17.4. The fourth-order valence-electron chi connectivity index (χ4n) is 2.07. The van der Waals surface area contributed by atoms with Gasteiger partial charge in [0.05, 0.1) is 20.2 Å². The molecule has 0 radical (unpaired) electrons. The summed E-state index contributed by atoms with van der Waals surface area (Å²) in [5.74, 6) is -0.775. The maximum Gasteiger partial charge on any atom is 0.263 e. The third-order valence-corrected chi connectivity index (χ3v) is 4.75. The quantitative estimate of drug-likeness (QED) is 0.382. The van der Waals surface area contributed by atoms with Crippen molar-refractivity contribution in [1.29, 1.82) is 0 Å². The maximum atomic E-state index is 13.3. The van der Waals surface area contributed by atoms with Crippen molar-refractivity contribution in [2.75, 3.05) is 11.9 Å². The number of ether oxygens (including phenoxy) is 1. The molecule has 2 aromatic carbocycles. The minimum absolute atomic E-state index is 0.00772. The van der Waals surface area contributed by atoms with Gasteiger partial charge in [0.2, 0.25) is 5.82 Å². The molecule has 8 nitrogen and oxygen atoms in total. The lowest BCUT2D eigenvalue weighted by Gasteiger charge is -2.07. The normalized spacial score (nSPS) is 11.4. The van der Waals surface area contributed by atoms with Gasteiger partial charge in [0.15, 0.2) is 18.1 Å². The molecule has 0 aliphatic heterocycles. The highest BCUT2D eigenvalue weighted by Crippen LogP contribution is 2.26. The predicted molar refractivity (Wildman–Crippen MR) is 109 cm³/mol. The van der Waals surface area contributed by atoms with Crippen LogP contribution in [-0.4, -0.2) is 28.7 Å². The molecular weight excluding hydrogens is 492 g/mol. The van der Waals surface area contributed by atoms with E-state index in [4.69, 9.17) is 33.7 Å². The Bertz CT molecular complexity index is 1090. The average molecular weight is 503 g/mol. The minimum atomic E-state index is -0.551. The second-order valence-corrected chi connectivity index (χ2v) is 7.14. The molecule has 3 N–H and O–H groups in total. The van der Waals surface area contributed by atoms with Crippen LogP contribution in [0.15, 0.2) is 50.5 Å². The van der Waals surface area contributed by atoms with Crippen molar-refractivity contribution in [3.05, 3.63) is 62.4 Å². The molecule has 0 saturated heterocycles. The third kappa shape index (κ3) is 5.43. The second kappa shape index (κ2) is 9.21. The smallest absolute Gasteiger partial charge is 0.263 e. The van der Waals surface area contributed by atoms with Crippen LogP contribution in [0.4, 0.5) is 15.9 Å². The van der Waals surface area contributed by atoms with Gasteiger partial charge in [-0.3, -0.25) is 4.79 Å². The Kier molecular flexibility index (Phi) is 6.68. The lowest BCUT2D eigenvalue weighted by atomic mass is 10.3. The number of carbonyl (C=O) groups excluding carboxylic acids is 1. The van der Waals surface area contributed by atoms with Gasteiger partial charge in [-0.2, -0.15) is 0 Å². The van der Waals surface area contributed by atoms with Gasteiger partial charge in [0, 0.05) is 6.07 Å². The summed E-state index contributed by atoms with van der Waals surface area (Å²) in [5, 5.41) is 10.3. The molecule has 29 heavy (non-hydrogen) atoms. The van der Waals surface area contributed by atoms with Gasteiger partial charge in [-0.1, -0.05) is 23.2 Å². The molecule has 150 valence electrons. The van der Waals surface area contributed by atoms with E-state index >= 15 is 0 Å². The Hall–Kier alpha value is -2.69. The predicted octanol–water partition coefficient (Wildman–Crippen LogP) is 4.33. The van der Waals surface area contributed by atoms with Crippen LogP contribution in [0.2, 0.25) is 10.0 Å². The first-order chi connectivity index (χ1) is 13.8. The summed E-state index contributed by atoms with van der Waals surface area (Å²) < 4.78 is 23.5. The van der Waals surface area contributed by atoms with E-state index in [0.717, 1.165) is 0 Å². The zero-order chi connectivity index (χ0) is 21.0. The Morgan fingerprint density at radius 1 is 1.24 bits per heavy atom. The van der Waals surface area contributed by atoms with Crippen LogP contribution < -0.4 is 15.8 Å². The summed E-state index contributed by atoms with van der Waals surface area (Å²) in [6.07, 6.45) is 0. The molecular formula is C17H11BrCl2FN5O3. The van der Waals surface area contributed by atoms with Crippen molar-refractivity contribution in [2.24, 2.45) is 10.7 Å². The number of halogens is 4. The highest BCUT2D eigenvalue weighted by molar-refractivity contribution is 9.10. The van der Waals surface area contributed by atoms with Crippen LogP contribution in [0.3, 0.4) is 0 Å². The van der Waals surface area contributed by atoms with Crippen molar-refractivity contribution in [3.8, 4) is 5.75 Å². The van der Waals surface area contributed by atoms with Crippen LogP contribution in [-0.2, 0) is 4.79 Å². The molecule has 0 aliphatic carbocycles.